The van der Waals surface area contributed by atoms with Crippen LogP contribution in [0.4, 0.5) is 0 Å². The number of benzene rings is 1. The molecule has 0 spiro atoms. The van der Waals surface area contributed by atoms with Gasteiger partial charge in [-0.2, -0.15) is 0 Å². The SMILES string of the molecule is Cc1cn2c(CCC(=O)NC3CCN(Cc4ccccc4)CC3)csc2n1. The maximum Gasteiger partial charge on any atom is 0.220 e. The van der Waals surface area contributed by atoms with Crippen LogP contribution in [-0.2, 0) is 17.8 Å². The van der Waals surface area contributed by atoms with Crippen molar-refractivity contribution in [3.05, 3.63) is 58.9 Å². The number of aryl methyl sites for hydroxylation is 2. The van der Waals surface area contributed by atoms with Gasteiger partial charge in [0.2, 0.25) is 5.91 Å². The molecule has 3 aromatic rings. The summed E-state index contributed by atoms with van der Waals surface area (Å²) in [6.07, 6.45) is 5.40. The van der Waals surface area contributed by atoms with Crippen LogP contribution >= 0.6 is 11.3 Å². The molecule has 4 rings (SSSR count). The van der Waals surface area contributed by atoms with Crippen molar-refractivity contribution in [2.24, 2.45) is 0 Å². The number of nitrogens with one attached hydrogen (secondary N) is 1. The minimum absolute atomic E-state index is 0.160. The molecule has 1 amide bonds. The van der Waals surface area contributed by atoms with Crippen molar-refractivity contribution in [1.29, 1.82) is 0 Å². The molecule has 1 fully saturated rings. The van der Waals surface area contributed by atoms with Crippen LogP contribution in [0.1, 0.15) is 36.2 Å². The first kappa shape index (κ1) is 18.2. The Kier molecular flexibility index (Phi) is 5.55. The molecule has 0 saturated carbocycles. The molecular weight excluding hydrogens is 356 g/mol. The fourth-order valence-corrected chi connectivity index (χ4v) is 4.69. The lowest BCUT2D eigenvalue weighted by atomic mass is 10.0. The summed E-state index contributed by atoms with van der Waals surface area (Å²) < 4.78 is 2.11. The monoisotopic (exact) mass is 382 g/mol. The third kappa shape index (κ3) is 4.57. The van der Waals surface area contributed by atoms with Crippen LogP contribution in [0.5, 0.6) is 0 Å². The van der Waals surface area contributed by atoms with E-state index in [0.29, 0.717) is 12.5 Å². The van der Waals surface area contributed by atoms with Crippen LogP contribution in [0.3, 0.4) is 0 Å². The molecule has 1 aliphatic heterocycles. The number of hydrogen-bond acceptors (Lipinski definition) is 4. The number of carbonyl (C=O) groups excluding carboxylic acids is 1. The number of hydrogen-bond donors (Lipinski definition) is 1. The number of fused-ring (bicyclic) bond motifs is 1. The summed E-state index contributed by atoms with van der Waals surface area (Å²) >= 11 is 1.64. The van der Waals surface area contributed by atoms with E-state index in [-0.39, 0.29) is 5.91 Å². The van der Waals surface area contributed by atoms with E-state index >= 15 is 0 Å². The number of likely N-dealkylation sites (tertiary alicyclic amines) is 1. The molecule has 0 radical (unpaired) electrons. The second-order valence-electron chi connectivity index (χ2n) is 7.37. The first-order chi connectivity index (χ1) is 13.2. The van der Waals surface area contributed by atoms with E-state index in [1.54, 1.807) is 11.3 Å². The molecule has 6 heteroatoms. The van der Waals surface area contributed by atoms with Crippen molar-refractivity contribution in [3.8, 4) is 0 Å². The number of imidazole rings is 1. The average Bonchev–Trinajstić information content (AvgIpc) is 3.22. The number of rotatable bonds is 6. The summed E-state index contributed by atoms with van der Waals surface area (Å²) in [7, 11) is 0. The van der Waals surface area contributed by atoms with E-state index in [1.165, 1.54) is 11.3 Å². The summed E-state index contributed by atoms with van der Waals surface area (Å²) in [5.74, 6) is 0.160. The van der Waals surface area contributed by atoms with Gasteiger partial charge in [0.05, 0.1) is 5.69 Å². The van der Waals surface area contributed by atoms with Crippen LogP contribution in [0, 0.1) is 6.92 Å². The van der Waals surface area contributed by atoms with E-state index < -0.39 is 0 Å². The van der Waals surface area contributed by atoms with E-state index in [9.17, 15) is 4.79 Å². The number of aromatic nitrogens is 2. The molecule has 142 valence electrons. The molecule has 2 aromatic heterocycles. The minimum atomic E-state index is 0.160. The van der Waals surface area contributed by atoms with E-state index in [0.717, 1.165) is 49.6 Å². The fourth-order valence-electron chi connectivity index (χ4n) is 3.74. The summed E-state index contributed by atoms with van der Waals surface area (Å²) in [6, 6.07) is 10.9. The maximum absolute atomic E-state index is 12.4. The Balaban J connectivity index is 1.21. The van der Waals surface area contributed by atoms with Crippen LogP contribution in [0.2, 0.25) is 0 Å². The number of amides is 1. The summed E-state index contributed by atoms with van der Waals surface area (Å²) in [5, 5.41) is 5.34. The van der Waals surface area contributed by atoms with Crippen LogP contribution in [-0.4, -0.2) is 39.3 Å². The molecule has 0 aliphatic carbocycles. The largest absolute Gasteiger partial charge is 0.353 e. The molecule has 3 heterocycles. The van der Waals surface area contributed by atoms with Gasteiger partial charge in [-0.25, -0.2) is 4.98 Å². The molecule has 1 N–H and O–H groups in total. The second-order valence-corrected chi connectivity index (χ2v) is 8.20. The van der Waals surface area contributed by atoms with Gasteiger partial charge >= 0.3 is 0 Å². The fraction of sp³-hybridized carbons (Fsp3) is 0.429. The zero-order valence-electron chi connectivity index (χ0n) is 15.7. The topological polar surface area (TPSA) is 49.6 Å². The lowest BCUT2D eigenvalue weighted by Crippen LogP contribution is -2.44. The highest BCUT2D eigenvalue weighted by Gasteiger charge is 2.20. The van der Waals surface area contributed by atoms with Crippen LogP contribution in [0.15, 0.2) is 41.9 Å². The predicted molar refractivity (Wildman–Crippen MR) is 109 cm³/mol. The molecule has 0 atom stereocenters. The lowest BCUT2D eigenvalue weighted by molar-refractivity contribution is -0.122. The van der Waals surface area contributed by atoms with Gasteiger partial charge in [-0.15, -0.1) is 11.3 Å². The minimum Gasteiger partial charge on any atom is -0.353 e. The Labute approximate surface area is 164 Å². The highest BCUT2D eigenvalue weighted by molar-refractivity contribution is 7.15. The summed E-state index contributed by atoms with van der Waals surface area (Å²) in [4.78, 5) is 20.3. The quantitative estimate of drug-likeness (QED) is 0.711. The Bertz CT molecular complexity index is 893. The van der Waals surface area contributed by atoms with Crippen molar-refractivity contribution >= 4 is 22.2 Å². The highest BCUT2D eigenvalue weighted by atomic mass is 32.1. The van der Waals surface area contributed by atoms with Gasteiger partial charge in [-0.3, -0.25) is 14.1 Å². The molecule has 27 heavy (non-hydrogen) atoms. The van der Waals surface area contributed by atoms with Gasteiger partial charge in [0.1, 0.15) is 0 Å². The van der Waals surface area contributed by atoms with Crippen molar-refractivity contribution < 1.29 is 4.79 Å². The van der Waals surface area contributed by atoms with Gasteiger partial charge in [0.15, 0.2) is 4.96 Å². The normalized spacial score (nSPS) is 16.0. The van der Waals surface area contributed by atoms with E-state index in [2.05, 4.69) is 55.3 Å². The highest BCUT2D eigenvalue weighted by Crippen LogP contribution is 2.18. The van der Waals surface area contributed by atoms with Gasteiger partial charge in [-0.1, -0.05) is 30.3 Å². The Morgan fingerprint density at radius 1 is 1.26 bits per heavy atom. The zero-order valence-corrected chi connectivity index (χ0v) is 16.5. The molecular formula is C21H26N4OS. The smallest absolute Gasteiger partial charge is 0.220 e. The third-order valence-electron chi connectivity index (χ3n) is 5.21. The van der Waals surface area contributed by atoms with Crippen molar-refractivity contribution in [2.75, 3.05) is 13.1 Å². The van der Waals surface area contributed by atoms with Crippen molar-refractivity contribution in [1.82, 2.24) is 19.6 Å². The number of thiazole rings is 1. The predicted octanol–water partition coefficient (Wildman–Crippen LogP) is 3.42. The first-order valence-electron chi connectivity index (χ1n) is 9.65. The maximum atomic E-state index is 12.4. The molecule has 0 bridgehead atoms. The molecule has 1 saturated heterocycles. The number of piperidine rings is 1. The third-order valence-corrected chi connectivity index (χ3v) is 6.10. The molecule has 1 aromatic carbocycles. The van der Waals surface area contributed by atoms with E-state index in [1.807, 2.05) is 13.1 Å². The van der Waals surface area contributed by atoms with Gasteiger partial charge in [0.25, 0.3) is 0 Å². The van der Waals surface area contributed by atoms with Crippen molar-refractivity contribution in [3.63, 3.8) is 0 Å². The van der Waals surface area contributed by atoms with Crippen LogP contribution in [0.25, 0.3) is 4.96 Å². The van der Waals surface area contributed by atoms with Gasteiger partial charge in [-0.05, 0) is 31.7 Å². The second kappa shape index (κ2) is 8.23. The number of carbonyl (C=O) groups is 1. The lowest BCUT2D eigenvalue weighted by Gasteiger charge is -2.32. The standard InChI is InChI=1S/C21H26N4OS/c1-16-13-25-19(15-27-21(25)22-16)7-8-20(26)23-18-9-11-24(12-10-18)14-17-5-3-2-4-6-17/h2-6,13,15,18H,7-12,14H2,1H3,(H,23,26). The van der Waals surface area contributed by atoms with Gasteiger partial charge in [0, 0.05) is 49.4 Å². The first-order valence-corrected chi connectivity index (χ1v) is 10.5. The molecule has 5 nitrogen and oxygen atoms in total. The zero-order chi connectivity index (χ0) is 18.6. The van der Waals surface area contributed by atoms with E-state index in [4.69, 9.17) is 0 Å². The summed E-state index contributed by atoms with van der Waals surface area (Å²) in [5.41, 5.74) is 3.55. The Morgan fingerprint density at radius 2 is 2.04 bits per heavy atom. The van der Waals surface area contributed by atoms with Crippen molar-refractivity contribution in [2.45, 2.75) is 45.2 Å². The van der Waals surface area contributed by atoms with Gasteiger partial charge < -0.3 is 5.32 Å². The molecule has 0 unspecified atom stereocenters. The molecule has 1 aliphatic rings. The van der Waals surface area contributed by atoms with Crippen LogP contribution < -0.4 is 5.32 Å². The Hall–Kier alpha value is -2.18. The Morgan fingerprint density at radius 3 is 2.81 bits per heavy atom. The average molecular weight is 383 g/mol. The number of nitrogens with zero attached hydrogens (tertiary/aromatic N) is 3. The summed E-state index contributed by atoms with van der Waals surface area (Å²) in [6.45, 7) is 5.08.